The van der Waals surface area contributed by atoms with Gasteiger partial charge in [0.15, 0.2) is 0 Å². The molecule has 0 aliphatic carbocycles. The summed E-state index contributed by atoms with van der Waals surface area (Å²) in [6, 6.07) is 4.94. The Hall–Kier alpha value is -1.18. The Morgan fingerprint density at radius 3 is 2.79 bits per heavy atom. The molecule has 0 radical (unpaired) electrons. The molecule has 0 amide bonds. The number of rotatable bonds is 2. The van der Waals surface area contributed by atoms with Gasteiger partial charge >= 0.3 is 5.97 Å². The molecule has 0 saturated carbocycles. The molecule has 1 N–H and O–H groups in total. The lowest BCUT2D eigenvalue weighted by Crippen LogP contribution is -2.02. The summed E-state index contributed by atoms with van der Waals surface area (Å²) in [6.07, 6.45) is -0.201. The van der Waals surface area contributed by atoms with Gasteiger partial charge < -0.3 is 5.11 Å². The van der Waals surface area contributed by atoms with Gasteiger partial charge in [-0.2, -0.15) is 5.26 Å². The number of aliphatic carboxylic acids is 1. The second-order valence-corrected chi connectivity index (χ2v) is 3.47. The van der Waals surface area contributed by atoms with Gasteiger partial charge in [0.05, 0.1) is 17.0 Å². The third kappa shape index (κ3) is 2.19. The Morgan fingerprint density at radius 1 is 1.64 bits per heavy atom. The number of benzene rings is 1. The van der Waals surface area contributed by atoms with Crippen LogP contribution in [0.15, 0.2) is 17.0 Å². The maximum absolute atomic E-state index is 10.5. The number of halogens is 1. The Labute approximate surface area is 91.3 Å². The number of nitriles is 1. The highest BCUT2D eigenvalue weighted by Gasteiger charge is 2.11. The van der Waals surface area contributed by atoms with Gasteiger partial charge in [-0.3, -0.25) is 4.79 Å². The minimum Gasteiger partial charge on any atom is -0.481 e. The zero-order chi connectivity index (χ0) is 10.7. The minimum atomic E-state index is -0.989. The first-order chi connectivity index (χ1) is 6.56. The van der Waals surface area contributed by atoms with Crippen LogP contribution in [0.25, 0.3) is 0 Å². The number of thiol groups is 1. The lowest BCUT2D eigenvalue weighted by molar-refractivity contribution is -0.136. The lowest BCUT2D eigenvalue weighted by atomic mass is 10.1. The van der Waals surface area contributed by atoms with E-state index < -0.39 is 5.97 Å². The highest BCUT2D eigenvalue weighted by molar-refractivity contribution is 7.80. The van der Waals surface area contributed by atoms with Crippen molar-refractivity contribution in [3.63, 3.8) is 0 Å². The quantitative estimate of drug-likeness (QED) is 0.761. The lowest BCUT2D eigenvalue weighted by Gasteiger charge is -2.04. The van der Waals surface area contributed by atoms with Crippen LogP contribution in [-0.4, -0.2) is 11.1 Å². The molecule has 0 bridgehead atoms. The van der Waals surface area contributed by atoms with Gasteiger partial charge in [0.1, 0.15) is 6.07 Å². The van der Waals surface area contributed by atoms with Gasteiger partial charge in [-0.25, -0.2) is 0 Å². The highest BCUT2D eigenvalue weighted by atomic mass is 35.5. The second-order valence-electron chi connectivity index (χ2n) is 2.61. The molecule has 1 rings (SSSR count). The average Bonchev–Trinajstić information content (AvgIpc) is 2.11. The van der Waals surface area contributed by atoms with Crippen LogP contribution in [0, 0.1) is 11.3 Å². The van der Waals surface area contributed by atoms with Crippen LogP contribution >= 0.6 is 24.2 Å². The number of carboxylic acid groups (broad SMARTS) is 1. The first kappa shape index (κ1) is 10.9. The zero-order valence-electron chi connectivity index (χ0n) is 6.99. The Bertz CT molecular complexity index is 426. The second kappa shape index (κ2) is 4.36. The molecular formula is C9H6ClNO2S. The van der Waals surface area contributed by atoms with E-state index in [1.807, 2.05) is 6.07 Å². The molecule has 0 saturated heterocycles. The molecule has 0 spiro atoms. The highest BCUT2D eigenvalue weighted by Crippen LogP contribution is 2.26. The van der Waals surface area contributed by atoms with Crippen LogP contribution in [0.2, 0.25) is 5.02 Å². The van der Waals surface area contributed by atoms with Gasteiger partial charge in [-0.15, -0.1) is 12.6 Å². The number of carboxylic acids is 1. The van der Waals surface area contributed by atoms with Crippen molar-refractivity contribution in [3.8, 4) is 6.07 Å². The molecule has 0 aromatic heterocycles. The van der Waals surface area contributed by atoms with E-state index in [2.05, 4.69) is 12.6 Å². The average molecular weight is 228 g/mol. The smallest absolute Gasteiger partial charge is 0.307 e. The van der Waals surface area contributed by atoms with Crippen LogP contribution < -0.4 is 0 Å². The number of nitrogens with zero attached hydrogens (tertiary/aromatic N) is 1. The maximum atomic E-state index is 10.5. The minimum absolute atomic E-state index is 0.201. The summed E-state index contributed by atoms with van der Waals surface area (Å²) in [4.78, 5) is 10.8. The largest absolute Gasteiger partial charge is 0.481 e. The standard InChI is InChI=1S/C9H6ClNO2S/c10-7-2-1-5(3-8(12)13)6(4-11)9(7)14/h1-2,14H,3H2,(H,12,13). The van der Waals surface area contributed by atoms with Crippen molar-refractivity contribution in [2.24, 2.45) is 0 Å². The summed E-state index contributed by atoms with van der Waals surface area (Å²) >= 11 is 9.76. The molecule has 0 aliphatic heterocycles. The Kier molecular flexibility index (Phi) is 3.39. The third-order valence-corrected chi connectivity index (χ3v) is 2.58. The van der Waals surface area contributed by atoms with Gasteiger partial charge in [-0.05, 0) is 11.6 Å². The van der Waals surface area contributed by atoms with Crippen LogP contribution in [0.4, 0.5) is 0 Å². The molecule has 0 unspecified atom stereocenters. The topological polar surface area (TPSA) is 61.1 Å². The molecule has 3 nitrogen and oxygen atoms in total. The summed E-state index contributed by atoms with van der Waals surface area (Å²) in [5, 5.41) is 17.7. The predicted molar refractivity (Wildman–Crippen MR) is 54.8 cm³/mol. The van der Waals surface area contributed by atoms with Gasteiger partial charge in [0, 0.05) is 4.90 Å². The summed E-state index contributed by atoms with van der Waals surface area (Å²) in [6.45, 7) is 0. The fourth-order valence-electron chi connectivity index (χ4n) is 1.04. The van der Waals surface area contributed by atoms with Crippen molar-refractivity contribution in [1.82, 2.24) is 0 Å². The van der Waals surface area contributed by atoms with Crippen LogP contribution in [-0.2, 0) is 11.2 Å². The van der Waals surface area contributed by atoms with E-state index in [0.29, 0.717) is 15.5 Å². The summed E-state index contributed by atoms with van der Waals surface area (Å²) in [5.74, 6) is -0.989. The SMILES string of the molecule is N#Cc1c(CC(=O)O)ccc(Cl)c1S. The molecule has 5 heteroatoms. The van der Waals surface area contributed by atoms with Gasteiger partial charge in [-0.1, -0.05) is 17.7 Å². The summed E-state index contributed by atoms with van der Waals surface area (Å²) < 4.78 is 0. The monoisotopic (exact) mass is 227 g/mol. The molecule has 1 aromatic carbocycles. The van der Waals surface area contributed by atoms with E-state index in [0.717, 1.165) is 0 Å². The molecule has 1 aromatic rings. The molecule has 0 heterocycles. The van der Waals surface area contributed by atoms with E-state index in [-0.39, 0.29) is 12.0 Å². The first-order valence-electron chi connectivity index (χ1n) is 3.68. The van der Waals surface area contributed by atoms with E-state index in [4.69, 9.17) is 22.0 Å². The molecule has 0 atom stereocenters. The summed E-state index contributed by atoms with van der Waals surface area (Å²) in [7, 11) is 0. The number of hydrogen-bond donors (Lipinski definition) is 2. The Morgan fingerprint density at radius 2 is 2.29 bits per heavy atom. The van der Waals surface area contributed by atoms with Crippen LogP contribution in [0.3, 0.4) is 0 Å². The van der Waals surface area contributed by atoms with Gasteiger partial charge in [0.2, 0.25) is 0 Å². The molecule has 0 fully saturated rings. The predicted octanol–water partition coefficient (Wildman–Crippen LogP) is 2.13. The van der Waals surface area contributed by atoms with Gasteiger partial charge in [0.25, 0.3) is 0 Å². The van der Waals surface area contributed by atoms with Crippen molar-refractivity contribution in [3.05, 3.63) is 28.3 Å². The van der Waals surface area contributed by atoms with E-state index in [1.54, 1.807) is 0 Å². The molecular weight excluding hydrogens is 222 g/mol. The van der Waals surface area contributed by atoms with E-state index >= 15 is 0 Å². The maximum Gasteiger partial charge on any atom is 0.307 e. The fraction of sp³-hybridized carbons (Fsp3) is 0.111. The van der Waals surface area contributed by atoms with Crippen LogP contribution in [0.5, 0.6) is 0 Å². The molecule has 72 valence electrons. The van der Waals surface area contributed by atoms with Crippen LogP contribution in [0.1, 0.15) is 11.1 Å². The zero-order valence-corrected chi connectivity index (χ0v) is 8.64. The third-order valence-electron chi connectivity index (χ3n) is 1.67. The fourth-order valence-corrected chi connectivity index (χ4v) is 1.47. The van der Waals surface area contributed by atoms with Crippen molar-refractivity contribution >= 4 is 30.2 Å². The Balaban J connectivity index is 3.26. The van der Waals surface area contributed by atoms with Crippen molar-refractivity contribution < 1.29 is 9.90 Å². The van der Waals surface area contributed by atoms with Crippen molar-refractivity contribution in [1.29, 1.82) is 5.26 Å². The molecule has 14 heavy (non-hydrogen) atoms. The van der Waals surface area contributed by atoms with E-state index in [9.17, 15) is 4.79 Å². The first-order valence-corrected chi connectivity index (χ1v) is 4.51. The number of carbonyl (C=O) groups is 1. The number of hydrogen-bond acceptors (Lipinski definition) is 3. The van der Waals surface area contributed by atoms with Crippen molar-refractivity contribution in [2.45, 2.75) is 11.3 Å². The van der Waals surface area contributed by atoms with Crippen molar-refractivity contribution in [2.75, 3.05) is 0 Å². The van der Waals surface area contributed by atoms with E-state index in [1.165, 1.54) is 12.1 Å². The normalized spacial score (nSPS) is 9.50. The summed E-state index contributed by atoms with van der Waals surface area (Å²) in [5.41, 5.74) is 0.651. The molecule has 0 aliphatic rings.